The molecule has 0 radical (unpaired) electrons. The number of nitrogens with one attached hydrogen (secondary N) is 1. The SMILES string of the molecule is N#Cc1cccc(C2C=CC=C(c3cccc(N4c5ccc(-c6ccc7c(c6)c6ccccc6n7-c6ccccc6)cc5C5C=CCCC54)c3)N2)c1. The van der Waals surface area contributed by atoms with Crippen LogP contribution in [-0.4, -0.2) is 10.6 Å². The Labute approximate surface area is 303 Å². The third-order valence-corrected chi connectivity index (χ3v) is 11.1. The van der Waals surface area contributed by atoms with Crippen molar-refractivity contribution < 1.29 is 0 Å². The van der Waals surface area contributed by atoms with Crippen LogP contribution in [0, 0.1) is 11.3 Å². The van der Waals surface area contributed by atoms with E-state index in [2.05, 4.69) is 173 Å². The molecule has 7 aromatic rings. The van der Waals surface area contributed by atoms with Gasteiger partial charge in [-0.15, -0.1) is 0 Å². The quantitative estimate of drug-likeness (QED) is 0.186. The Morgan fingerprint density at radius 1 is 0.654 bits per heavy atom. The zero-order chi connectivity index (χ0) is 34.6. The van der Waals surface area contributed by atoms with Crippen molar-refractivity contribution in [3.8, 4) is 22.9 Å². The standard InChI is InChI=1S/C48H36N4/c49-31-32-11-8-12-35(27-32)43-19-10-20-44(50-43)36-13-9-16-38(28-36)52-46-22-7-5-18-40(46)42-30-34(24-26-48(42)52)33-23-25-47-41(29-33)39-17-4-6-21-45(39)51(47)37-14-2-1-3-15-37/h1-6,8-21,23-30,40,43,46,50H,7,22H2. The number of hydrogen-bond donors (Lipinski definition) is 1. The van der Waals surface area contributed by atoms with Gasteiger partial charge >= 0.3 is 0 Å². The summed E-state index contributed by atoms with van der Waals surface area (Å²) in [6.07, 6.45) is 13.4. The summed E-state index contributed by atoms with van der Waals surface area (Å²) in [5.74, 6) is 0.336. The van der Waals surface area contributed by atoms with Gasteiger partial charge in [0.15, 0.2) is 0 Å². The number of anilines is 2. The second kappa shape index (κ2) is 12.3. The molecule has 0 spiro atoms. The lowest BCUT2D eigenvalue weighted by molar-refractivity contribution is 0.565. The summed E-state index contributed by atoms with van der Waals surface area (Å²) in [6, 6.07) is 52.9. The molecule has 3 aliphatic rings. The van der Waals surface area contributed by atoms with Crippen molar-refractivity contribution in [3.05, 3.63) is 192 Å². The van der Waals surface area contributed by atoms with Crippen LogP contribution in [0.25, 0.3) is 44.3 Å². The van der Waals surface area contributed by atoms with E-state index in [4.69, 9.17) is 0 Å². The predicted molar refractivity (Wildman–Crippen MR) is 214 cm³/mol. The van der Waals surface area contributed by atoms with Crippen molar-refractivity contribution in [1.82, 2.24) is 9.88 Å². The number of benzene rings is 6. The fourth-order valence-corrected chi connectivity index (χ4v) is 8.68. The largest absolute Gasteiger partial charge is 0.374 e. The molecule has 1 N–H and O–H groups in total. The fourth-order valence-electron chi connectivity index (χ4n) is 8.68. The van der Waals surface area contributed by atoms with Crippen LogP contribution in [0.1, 0.15) is 47.1 Å². The number of para-hydroxylation sites is 2. The van der Waals surface area contributed by atoms with Crippen LogP contribution in [-0.2, 0) is 0 Å². The Morgan fingerprint density at radius 2 is 1.46 bits per heavy atom. The molecule has 10 rings (SSSR count). The van der Waals surface area contributed by atoms with Crippen LogP contribution < -0.4 is 10.2 Å². The highest BCUT2D eigenvalue weighted by molar-refractivity contribution is 6.10. The van der Waals surface area contributed by atoms with Crippen molar-refractivity contribution in [3.63, 3.8) is 0 Å². The van der Waals surface area contributed by atoms with Crippen LogP contribution in [0.3, 0.4) is 0 Å². The number of allylic oxidation sites excluding steroid dienone is 3. The Morgan fingerprint density at radius 3 is 2.38 bits per heavy atom. The molecular weight excluding hydrogens is 633 g/mol. The lowest BCUT2D eigenvalue weighted by atomic mass is 9.86. The number of hydrogen-bond acceptors (Lipinski definition) is 3. The number of rotatable bonds is 5. The lowest BCUT2D eigenvalue weighted by Crippen LogP contribution is -2.31. The maximum atomic E-state index is 9.45. The first-order valence-corrected chi connectivity index (χ1v) is 18.2. The number of nitriles is 1. The smallest absolute Gasteiger partial charge is 0.0991 e. The minimum absolute atomic E-state index is 0.00450. The van der Waals surface area contributed by atoms with E-state index in [9.17, 15) is 5.26 Å². The molecule has 4 nitrogen and oxygen atoms in total. The van der Waals surface area contributed by atoms with E-state index in [0.717, 1.165) is 29.7 Å². The highest BCUT2D eigenvalue weighted by Gasteiger charge is 2.39. The average molecular weight is 669 g/mol. The second-order valence-electron chi connectivity index (χ2n) is 14.0. The average Bonchev–Trinajstić information content (AvgIpc) is 3.73. The third-order valence-electron chi connectivity index (χ3n) is 11.1. The maximum Gasteiger partial charge on any atom is 0.0991 e. The monoisotopic (exact) mass is 668 g/mol. The number of aromatic nitrogens is 1. The van der Waals surface area contributed by atoms with Gasteiger partial charge in [0.25, 0.3) is 0 Å². The molecule has 3 heterocycles. The van der Waals surface area contributed by atoms with Crippen molar-refractivity contribution in [2.45, 2.75) is 30.8 Å². The van der Waals surface area contributed by atoms with Gasteiger partial charge in [-0.3, -0.25) is 0 Å². The van der Waals surface area contributed by atoms with E-state index >= 15 is 0 Å². The van der Waals surface area contributed by atoms with Gasteiger partial charge in [-0.05, 0) is 113 Å². The molecule has 4 heteroatoms. The van der Waals surface area contributed by atoms with Crippen LogP contribution in [0.2, 0.25) is 0 Å². The molecule has 3 unspecified atom stereocenters. The third kappa shape index (κ3) is 4.97. The van der Waals surface area contributed by atoms with Gasteiger partial charge in [0, 0.05) is 45.5 Å². The Hall–Kier alpha value is -6.57. The van der Waals surface area contributed by atoms with Gasteiger partial charge in [0.1, 0.15) is 0 Å². The van der Waals surface area contributed by atoms with Crippen molar-refractivity contribution >= 4 is 38.9 Å². The van der Waals surface area contributed by atoms with Gasteiger partial charge < -0.3 is 14.8 Å². The molecule has 248 valence electrons. The summed E-state index contributed by atoms with van der Waals surface area (Å²) in [5.41, 5.74) is 14.0. The number of dihydropyridines is 1. The molecular formula is C48H36N4. The molecule has 1 aromatic heterocycles. The van der Waals surface area contributed by atoms with Crippen LogP contribution in [0.5, 0.6) is 0 Å². The zero-order valence-corrected chi connectivity index (χ0v) is 28.7. The Bertz CT molecular complexity index is 2650. The molecule has 0 amide bonds. The highest BCUT2D eigenvalue weighted by Crippen LogP contribution is 2.50. The highest BCUT2D eigenvalue weighted by atomic mass is 15.2. The van der Waals surface area contributed by atoms with Crippen LogP contribution >= 0.6 is 0 Å². The summed E-state index contributed by atoms with van der Waals surface area (Å²) >= 11 is 0. The van der Waals surface area contributed by atoms with Gasteiger partial charge in [-0.25, -0.2) is 0 Å². The van der Waals surface area contributed by atoms with Gasteiger partial charge in [0.2, 0.25) is 0 Å². The van der Waals surface area contributed by atoms with Crippen molar-refractivity contribution in [2.24, 2.45) is 0 Å². The summed E-state index contributed by atoms with van der Waals surface area (Å²) in [7, 11) is 0. The molecule has 0 bridgehead atoms. The second-order valence-corrected chi connectivity index (χ2v) is 14.0. The van der Waals surface area contributed by atoms with Gasteiger partial charge in [-0.2, -0.15) is 5.26 Å². The maximum absolute atomic E-state index is 9.45. The molecule has 0 fully saturated rings. The number of fused-ring (bicyclic) bond motifs is 6. The molecule has 0 saturated carbocycles. The van der Waals surface area contributed by atoms with E-state index in [0.29, 0.717) is 17.5 Å². The normalized spacial score (nSPS) is 18.9. The Kier molecular flexibility index (Phi) is 7.18. The fraction of sp³-hybridized carbons (Fsp3) is 0.104. The summed E-state index contributed by atoms with van der Waals surface area (Å²) < 4.78 is 2.38. The number of nitrogens with zero attached hydrogens (tertiary/aromatic N) is 3. The summed E-state index contributed by atoms with van der Waals surface area (Å²) in [5, 5.41) is 15.7. The van der Waals surface area contributed by atoms with Gasteiger partial charge in [-0.1, -0.05) is 97.1 Å². The molecule has 1 aliphatic carbocycles. The summed E-state index contributed by atoms with van der Waals surface area (Å²) in [4.78, 5) is 2.58. The van der Waals surface area contributed by atoms with E-state index in [1.807, 2.05) is 18.2 Å². The van der Waals surface area contributed by atoms with Gasteiger partial charge in [0.05, 0.1) is 28.7 Å². The zero-order valence-electron chi connectivity index (χ0n) is 28.7. The van der Waals surface area contributed by atoms with E-state index in [-0.39, 0.29) is 6.04 Å². The first kappa shape index (κ1) is 30.3. The topological polar surface area (TPSA) is 44.0 Å². The molecule has 0 saturated heterocycles. The van der Waals surface area contributed by atoms with Crippen LogP contribution in [0.4, 0.5) is 11.4 Å². The first-order chi connectivity index (χ1) is 25.7. The van der Waals surface area contributed by atoms with E-state index in [1.54, 1.807) is 0 Å². The minimum Gasteiger partial charge on any atom is -0.374 e. The van der Waals surface area contributed by atoms with Crippen molar-refractivity contribution in [2.75, 3.05) is 4.90 Å². The molecule has 52 heavy (non-hydrogen) atoms. The lowest BCUT2D eigenvalue weighted by Gasteiger charge is -2.32. The molecule has 3 atom stereocenters. The predicted octanol–water partition coefficient (Wildman–Crippen LogP) is 11.5. The van der Waals surface area contributed by atoms with Crippen LogP contribution in [0.15, 0.2) is 170 Å². The minimum atomic E-state index is 0.00450. The molecule has 2 aliphatic heterocycles. The Balaban J connectivity index is 1.01. The molecule has 6 aromatic carbocycles. The van der Waals surface area contributed by atoms with E-state index in [1.165, 1.54) is 55.6 Å². The summed E-state index contributed by atoms with van der Waals surface area (Å²) in [6.45, 7) is 0. The van der Waals surface area contributed by atoms with Crippen molar-refractivity contribution in [1.29, 1.82) is 5.26 Å². The first-order valence-electron chi connectivity index (χ1n) is 18.2. The van der Waals surface area contributed by atoms with E-state index < -0.39 is 0 Å².